The van der Waals surface area contributed by atoms with Gasteiger partial charge >= 0.3 is 5.97 Å². The zero-order valence-electron chi connectivity index (χ0n) is 26.5. The molecule has 0 spiro atoms. The first-order valence-corrected chi connectivity index (χ1v) is 16.9. The van der Waals surface area contributed by atoms with Gasteiger partial charge in [0.15, 0.2) is 16.3 Å². The largest absolute Gasteiger partial charge is 0.496 e. The third-order valence-corrected chi connectivity index (χ3v) is 8.94. The number of nitriles is 1. The van der Waals surface area contributed by atoms with E-state index < -0.39 is 12.0 Å². The summed E-state index contributed by atoms with van der Waals surface area (Å²) in [6.07, 6.45) is 3.06. The number of aromatic nitrogens is 1. The van der Waals surface area contributed by atoms with Crippen LogP contribution >= 0.6 is 27.3 Å². The number of thiazole rings is 1. The van der Waals surface area contributed by atoms with Crippen molar-refractivity contribution in [1.29, 1.82) is 5.26 Å². The monoisotopic (exact) mass is 715 g/mol. The molecule has 0 saturated carbocycles. The molecule has 47 heavy (non-hydrogen) atoms. The van der Waals surface area contributed by atoms with Crippen LogP contribution in [0.5, 0.6) is 17.2 Å². The Hall–Kier alpha value is -4.66. The van der Waals surface area contributed by atoms with Crippen LogP contribution in [-0.2, 0) is 16.1 Å². The van der Waals surface area contributed by atoms with Crippen LogP contribution in [-0.4, -0.2) is 30.9 Å². The van der Waals surface area contributed by atoms with Crippen LogP contribution in [0.2, 0.25) is 0 Å². The fourth-order valence-corrected chi connectivity index (χ4v) is 6.80. The molecule has 1 aliphatic rings. The van der Waals surface area contributed by atoms with Crippen LogP contribution in [0, 0.1) is 11.3 Å². The molecule has 1 aromatic heterocycles. The van der Waals surface area contributed by atoms with Crippen LogP contribution in [0.4, 0.5) is 0 Å². The standard InChI is InChI=1S/C36H34BrN3O6S/c1-5-10-27-32(35(42)45-7-3)33(26-19-25(37)14-16-28(26)43-4)40-34(41)31(47-36(40)39-27)18-22-13-15-29(30(17-22)44-6-2)46-21-24-12-9-8-11-23(24)20-38/h8-9,11-19,33H,5-7,10,21H2,1-4H3/b31-18+/t33-/m1/s1. The number of carbonyl (C=O) groups excluding carboxylic acids is 1. The van der Waals surface area contributed by atoms with Gasteiger partial charge in [0.2, 0.25) is 0 Å². The van der Waals surface area contributed by atoms with Gasteiger partial charge in [-0.3, -0.25) is 9.36 Å². The van der Waals surface area contributed by atoms with Gasteiger partial charge in [-0.15, -0.1) is 0 Å². The highest BCUT2D eigenvalue weighted by molar-refractivity contribution is 9.10. The molecular formula is C36H34BrN3O6S. The van der Waals surface area contributed by atoms with Crippen molar-refractivity contribution in [3.8, 4) is 23.3 Å². The summed E-state index contributed by atoms with van der Waals surface area (Å²) >= 11 is 4.80. The van der Waals surface area contributed by atoms with E-state index in [1.165, 1.54) is 11.3 Å². The molecule has 0 bridgehead atoms. The summed E-state index contributed by atoms with van der Waals surface area (Å²) in [7, 11) is 1.56. The lowest BCUT2D eigenvalue weighted by atomic mass is 9.93. The molecule has 9 nitrogen and oxygen atoms in total. The van der Waals surface area contributed by atoms with E-state index in [1.807, 2.05) is 56.3 Å². The number of allylic oxidation sites excluding steroid dienone is 1. The SMILES string of the molecule is CCCC1=C(C(=O)OCC)[C@@H](c2cc(Br)ccc2OC)n2c(s/c(=C/c3ccc(OCc4ccccc4C#N)c(OCC)c3)c2=O)=N1. The Kier molecular flexibility index (Phi) is 11.0. The van der Waals surface area contributed by atoms with Crippen molar-refractivity contribution in [2.24, 2.45) is 4.99 Å². The molecule has 1 aliphatic heterocycles. The summed E-state index contributed by atoms with van der Waals surface area (Å²) in [4.78, 5) is 33.1. The van der Waals surface area contributed by atoms with E-state index in [9.17, 15) is 14.9 Å². The highest BCUT2D eigenvalue weighted by Crippen LogP contribution is 2.38. The van der Waals surface area contributed by atoms with Crippen LogP contribution in [0.25, 0.3) is 6.08 Å². The number of ether oxygens (including phenoxy) is 4. The highest BCUT2D eigenvalue weighted by Gasteiger charge is 2.36. The fourth-order valence-electron chi connectivity index (χ4n) is 5.40. The van der Waals surface area contributed by atoms with Crippen LogP contribution in [0.3, 0.4) is 0 Å². The van der Waals surface area contributed by atoms with Crippen LogP contribution in [0.1, 0.15) is 61.9 Å². The first-order valence-electron chi connectivity index (χ1n) is 15.3. The predicted molar refractivity (Wildman–Crippen MR) is 183 cm³/mol. The van der Waals surface area contributed by atoms with Crippen molar-refractivity contribution >= 4 is 39.3 Å². The third kappa shape index (κ3) is 7.19. The third-order valence-electron chi connectivity index (χ3n) is 7.46. The van der Waals surface area contributed by atoms with Gasteiger partial charge in [0.25, 0.3) is 5.56 Å². The number of fused-ring (bicyclic) bond motifs is 1. The van der Waals surface area contributed by atoms with Gasteiger partial charge in [-0.05, 0) is 68.3 Å². The summed E-state index contributed by atoms with van der Waals surface area (Å²) in [5, 5.41) is 9.44. The Morgan fingerprint density at radius 2 is 1.83 bits per heavy atom. The summed E-state index contributed by atoms with van der Waals surface area (Å²) in [6.45, 7) is 6.43. The van der Waals surface area contributed by atoms with Gasteiger partial charge in [-0.25, -0.2) is 9.79 Å². The Bertz CT molecular complexity index is 2060. The highest BCUT2D eigenvalue weighted by atomic mass is 79.9. The van der Waals surface area contributed by atoms with E-state index >= 15 is 0 Å². The number of esters is 1. The Balaban J connectivity index is 1.63. The van der Waals surface area contributed by atoms with Crippen molar-refractivity contribution in [2.75, 3.05) is 20.3 Å². The van der Waals surface area contributed by atoms with E-state index in [1.54, 1.807) is 42.9 Å². The maximum Gasteiger partial charge on any atom is 0.338 e. The van der Waals surface area contributed by atoms with Gasteiger partial charge < -0.3 is 18.9 Å². The molecule has 242 valence electrons. The topological polar surface area (TPSA) is 112 Å². The summed E-state index contributed by atoms with van der Waals surface area (Å²) in [5.74, 6) is 1.04. The molecule has 11 heteroatoms. The van der Waals surface area contributed by atoms with E-state index in [4.69, 9.17) is 23.9 Å². The summed E-state index contributed by atoms with van der Waals surface area (Å²) in [5.41, 5.74) is 3.28. The van der Waals surface area contributed by atoms with Gasteiger partial charge in [-0.1, -0.05) is 64.9 Å². The lowest BCUT2D eigenvalue weighted by Crippen LogP contribution is -2.40. The lowest BCUT2D eigenvalue weighted by Gasteiger charge is -2.27. The molecule has 0 aliphatic carbocycles. The smallest absolute Gasteiger partial charge is 0.338 e. The van der Waals surface area contributed by atoms with E-state index in [0.717, 1.165) is 22.0 Å². The molecule has 0 radical (unpaired) electrons. The molecule has 0 saturated heterocycles. The van der Waals surface area contributed by atoms with E-state index in [-0.39, 0.29) is 18.8 Å². The van der Waals surface area contributed by atoms with E-state index in [0.29, 0.717) is 62.0 Å². The molecule has 0 amide bonds. The van der Waals surface area contributed by atoms with Crippen LogP contribution < -0.4 is 29.1 Å². The second-order valence-corrected chi connectivity index (χ2v) is 12.4. The number of methoxy groups -OCH3 is 1. The molecule has 0 N–H and O–H groups in total. The average Bonchev–Trinajstić information content (AvgIpc) is 3.38. The Morgan fingerprint density at radius 1 is 1.04 bits per heavy atom. The Labute approximate surface area is 285 Å². The normalized spacial score (nSPS) is 14.2. The molecule has 4 aromatic rings. The fraction of sp³-hybridized carbons (Fsp3) is 0.278. The molecule has 1 atom stereocenters. The Morgan fingerprint density at radius 3 is 2.55 bits per heavy atom. The van der Waals surface area contributed by atoms with Gasteiger partial charge in [0.05, 0.1) is 47.8 Å². The molecule has 0 fully saturated rings. The van der Waals surface area contributed by atoms with E-state index in [2.05, 4.69) is 22.0 Å². The summed E-state index contributed by atoms with van der Waals surface area (Å²) < 4.78 is 26.0. The number of benzene rings is 3. The minimum Gasteiger partial charge on any atom is -0.496 e. The molecule has 2 heterocycles. The van der Waals surface area contributed by atoms with Crippen LogP contribution in [0.15, 0.2) is 86.2 Å². The lowest BCUT2D eigenvalue weighted by molar-refractivity contribution is -0.139. The minimum absolute atomic E-state index is 0.182. The maximum atomic E-state index is 14.2. The van der Waals surface area contributed by atoms with Crippen molar-refractivity contribution in [2.45, 2.75) is 46.3 Å². The number of hydrogen-bond acceptors (Lipinski definition) is 9. The van der Waals surface area contributed by atoms with Gasteiger partial charge in [-0.2, -0.15) is 5.26 Å². The van der Waals surface area contributed by atoms with Crippen molar-refractivity contribution < 1.29 is 23.7 Å². The zero-order chi connectivity index (χ0) is 33.5. The van der Waals surface area contributed by atoms with Gasteiger partial charge in [0.1, 0.15) is 18.4 Å². The maximum absolute atomic E-state index is 14.2. The number of nitrogens with zero attached hydrogens (tertiary/aromatic N) is 3. The number of halogens is 1. The minimum atomic E-state index is -0.813. The molecule has 5 rings (SSSR count). The number of hydrogen-bond donors (Lipinski definition) is 0. The average molecular weight is 717 g/mol. The molecule has 0 unspecified atom stereocenters. The first-order chi connectivity index (χ1) is 22.8. The number of rotatable bonds is 12. The van der Waals surface area contributed by atoms with Crippen molar-refractivity contribution in [1.82, 2.24) is 4.57 Å². The second kappa shape index (κ2) is 15.3. The molecular weight excluding hydrogens is 682 g/mol. The number of carbonyl (C=O) groups is 1. The zero-order valence-corrected chi connectivity index (χ0v) is 28.9. The van der Waals surface area contributed by atoms with Gasteiger partial charge in [0, 0.05) is 15.6 Å². The first kappa shape index (κ1) is 33.7. The quantitative estimate of drug-likeness (QED) is 0.161. The van der Waals surface area contributed by atoms with Crippen molar-refractivity contribution in [3.63, 3.8) is 0 Å². The molecule has 3 aromatic carbocycles. The summed E-state index contributed by atoms with van der Waals surface area (Å²) in [6, 6.07) is 19.6. The second-order valence-electron chi connectivity index (χ2n) is 10.5. The van der Waals surface area contributed by atoms with Crippen molar-refractivity contribution in [3.05, 3.63) is 118 Å². The predicted octanol–water partition coefficient (Wildman–Crippen LogP) is 6.20.